The van der Waals surface area contributed by atoms with Crippen molar-refractivity contribution in [3.05, 3.63) is 36.0 Å². The summed E-state index contributed by atoms with van der Waals surface area (Å²) in [4.78, 5) is 0. The van der Waals surface area contributed by atoms with Crippen LogP contribution in [0.3, 0.4) is 0 Å². The highest BCUT2D eigenvalue weighted by molar-refractivity contribution is 7.92. The maximum absolute atomic E-state index is 11.8. The van der Waals surface area contributed by atoms with Gasteiger partial charge in [0.05, 0.1) is 10.9 Å². The molecule has 0 radical (unpaired) electrons. The Morgan fingerprint density at radius 3 is 2.32 bits per heavy atom. The van der Waals surface area contributed by atoms with Crippen molar-refractivity contribution in [3.8, 4) is 11.1 Å². The van der Waals surface area contributed by atoms with Gasteiger partial charge in [0.1, 0.15) is 5.82 Å². The molecule has 1 saturated carbocycles. The summed E-state index contributed by atoms with van der Waals surface area (Å²) in [6.45, 7) is 0. The standard InChI is InChI=1S/C13H15N3O2S/c1-19(17,18)13(6-7-13)10-4-2-9(3-5-10)11-8-15-16-12(11)14/h2-5,8H,6-7H2,1H3,(H3,14,15,16). The van der Waals surface area contributed by atoms with Crippen LogP contribution < -0.4 is 5.73 Å². The molecule has 3 rings (SSSR count). The zero-order valence-corrected chi connectivity index (χ0v) is 11.4. The number of nitrogens with one attached hydrogen (secondary N) is 1. The number of sulfone groups is 1. The Bertz CT molecular complexity index is 713. The normalized spacial score (nSPS) is 17.3. The molecule has 0 bridgehead atoms. The second-order valence-electron chi connectivity index (χ2n) is 5.04. The van der Waals surface area contributed by atoms with Crippen LogP contribution >= 0.6 is 0 Å². The molecule has 1 aromatic carbocycles. The first-order valence-corrected chi connectivity index (χ1v) is 7.92. The molecule has 0 saturated heterocycles. The molecule has 1 aliphatic carbocycles. The molecule has 0 amide bonds. The molecule has 0 unspecified atom stereocenters. The maximum atomic E-state index is 11.8. The molecule has 0 atom stereocenters. The van der Waals surface area contributed by atoms with Crippen LogP contribution in [0.4, 0.5) is 5.82 Å². The molecule has 0 spiro atoms. The van der Waals surface area contributed by atoms with E-state index >= 15 is 0 Å². The van der Waals surface area contributed by atoms with Crippen LogP contribution in [0.25, 0.3) is 11.1 Å². The van der Waals surface area contributed by atoms with Crippen LogP contribution in [-0.4, -0.2) is 24.9 Å². The summed E-state index contributed by atoms with van der Waals surface area (Å²) in [6, 6.07) is 7.52. The van der Waals surface area contributed by atoms with E-state index in [2.05, 4.69) is 10.2 Å². The largest absolute Gasteiger partial charge is 0.384 e. The number of rotatable bonds is 3. The predicted octanol–water partition coefficient (Wildman–Crippen LogP) is 1.69. The van der Waals surface area contributed by atoms with E-state index in [0.29, 0.717) is 18.7 Å². The van der Waals surface area contributed by atoms with Gasteiger partial charge in [-0.3, -0.25) is 5.10 Å². The number of hydrogen-bond donors (Lipinski definition) is 2. The van der Waals surface area contributed by atoms with Gasteiger partial charge in [-0.1, -0.05) is 24.3 Å². The second kappa shape index (κ2) is 3.84. The van der Waals surface area contributed by atoms with Gasteiger partial charge in [0.25, 0.3) is 0 Å². The Balaban J connectivity index is 1.99. The third-order valence-electron chi connectivity index (χ3n) is 3.80. The summed E-state index contributed by atoms with van der Waals surface area (Å²) < 4.78 is 23.0. The number of nitrogen functional groups attached to an aromatic ring is 1. The molecule has 6 heteroatoms. The first-order valence-electron chi connectivity index (χ1n) is 6.03. The van der Waals surface area contributed by atoms with Gasteiger partial charge in [-0.15, -0.1) is 0 Å². The van der Waals surface area contributed by atoms with Crippen LogP contribution in [-0.2, 0) is 14.6 Å². The fourth-order valence-electron chi connectivity index (χ4n) is 2.47. The van der Waals surface area contributed by atoms with Gasteiger partial charge in [0.15, 0.2) is 9.84 Å². The minimum Gasteiger partial charge on any atom is -0.384 e. The van der Waals surface area contributed by atoms with Crippen molar-refractivity contribution in [2.45, 2.75) is 17.6 Å². The SMILES string of the molecule is CS(=O)(=O)C1(c2ccc(-c3cn[nH]c3N)cc2)CC1. The average Bonchev–Trinajstić information content (AvgIpc) is 3.08. The molecular formula is C13H15N3O2S. The number of hydrogen-bond acceptors (Lipinski definition) is 4. The van der Waals surface area contributed by atoms with Gasteiger partial charge in [-0.05, 0) is 24.0 Å². The van der Waals surface area contributed by atoms with Gasteiger partial charge in [0, 0.05) is 11.8 Å². The molecule has 1 aliphatic rings. The molecule has 2 aromatic rings. The van der Waals surface area contributed by atoms with Gasteiger partial charge >= 0.3 is 0 Å². The highest BCUT2D eigenvalue weighted by Gasteiger charge is 2.53. The molecule has 0 aliphatic heterocycles. The maximum Gasteiger partial charge on any atom is 0.157 e. The minimum atomic E-state index is -3.06. The van der Waals surface area contributed by atoms with Crippen LogP contribution in [0.15, 0.2) is 30.5 Å². The lowest BCUT2D eigenvalue weighted by molar-refractivity contribution is 0.586. The number of H-pyrrole nitrogens is 1. The Kier molecular flexibility index (Phi) is 2.47. The van der Waals surface area contributed by atoms with E-state index in [1.54, 1.807) is 6.20 Å². The van der Waals surface area contributed by atoms with Crippen LogP contribution in [0.2, 0.25) is 0 Å². The molecule has 5 nitrogen and oxygen atoms in total. The van der Waals surface area contributed by atoms with E-state index in [1.807, 2.05) is 24.3 Å². The van der Waals surface area contributed by atoms with Crippen molar-refractivity contribution in [1.29, 1.82) is 0 Å². The lowest BCUT2D eigenvalue weighted by atomic mass is 10.0. The van der Waals surface area contributed by atoms with Crippen molar-refractivity contribution in [3.63, 3.8) is 0 Å². The summed E-state index contributed by atoms with van der Waals surface area (Å²) in [5.41, 5.74) is 8.39. The number of nitrogens with two attached hydrogens (primary N) is 1. The van der Waals surface area contributed by atoms with Crippen molar-refractivity contribution >= 4 is 15.7 Å². The zero-order valence-electron chi connectivity index (χ0n) is 10.6. The first kappa shape index (κ1) is 12.2. The molecule has 1 fully saturated rings. The van der Waals surface area contributed by atoms with E-state index in [9.17, 15) is 8.42 Å². The smallest absolute Gasteiger partial charge is 0.157 e. The third-order valence-corrected chi connectivity index (χ3v) is 5.87. The lowest BCUT2D eigenvalue weighted by Crippen LogP contribution is -2.19. The number of benzene rings is 1. The van der Waals surface area contributed by atoms with Gasteiger partial charge in [-0.25, -0.2) is 8.42 Å². The lowest BCUT2D eigenvalue weighted by Gasteiger charge is -2.13. The third kappa shape index (κ3) is 1.83. The predicted molar refractivity (Wildman–Crippen MR) is 74.2 cm³/mol. The van der Waals surface area contributed by atoms with Gasteiger partial charge < -0.3 is 5.73 Å². The molecular weight excluding hydrogens is 262 g/mol. The van der Waals surface area contributed by atoms with Crippen molar-refractivity contribution in [2.75, 3.05) is 12.0 Å². The Morgan fingerprint density at radius 1 is 1.26 bits per heavy atom. The van der Waals surface area contributed by atoms with E-state index < -0.39 is 14.6 Å². The summed E-state index contributed by atoms with van der Waals surface area (Å²) in [5, 5.41) is 6.56. The highest BCUT2D eigenvalue weighted by Crippen LogP contribution is 2.52. The number of anilines is 1. The topological polar surface area (TPSA) is 88.8 Å². The number of aromatic nitrogens is 2. The van der Waals surface area contributed by atoms with Crippen LogP contribution in [0.1, 0.15) is 18.4 Å². The fourth-order valence-corrected chi connectivity index (χ4v) is 3.87. The fraction of sp³-hybridized carbons (Fsp3) is 0.308. The first-order chi connectivity index (χ1) is 8.94. The van der Waals surface area contributed by atoms with E-state index in [-0.39, 0.29) is 0 Å². The van der Waals surface area contributed by atoms with E-state index in [4.69, 9.17) is 5.73 Å². The molecule has 100 valence electrons. The van der Waals surface area contributed by atoms with E-state index in [0.717, 1.165) is 16.7 Å². The van der Waals surface area contributed by atoms with Gasteiger partial charge in [-0.2, -0.15) is 5.10 Å². The van der Waals surface area contributed by atoms with Crippen molar-refractivity contribution < 1.29 is 8.42 Å². The van der Waals surface area contributed by atoms with Gasteiger partial charge in [0.2, 0.25) is 0 Å². The highest BCUT2D eigenvalue weighted by atomic mass is 32.2. The Labute approximate surface area is 111 Å². The van der Waals surface area contributed by atoms with Crippen molar-refractivity contribution in [2.24, 2.45) is 0 Å². The number of nitrogens with zero attached hydrogens (tertiary/aromatic N) is 1. The molecule has 1 aromatic heterocycles. The Morgan fingerprint density at radius 2 is 1.89 bits per heavy atom. The average molecular weight is 277 g/mol. The molecule has 1 heterocycles. The Hall–Kier alpha value is -1.82. The minimum absolute atomic E-state index is 0.511. The zero-order chi connectivity index (χ0) is 13.7. The summed E-state index contributed by atoms with van der Waals surface area (Å²) in [5.74, 6) is 0.511. The second-order valence-corrected chi connectivity index (χ2v) is 7.37. The monoisotopic (exact) mass is 277 g/mol. The van der Waals surface area contributed by atoms with Crippen LogP contribution in [0.5, 0.6) is 0 Å². The van der Waals surface area contributed by atoms with E-state index in [1.165, 1.54) is 6.26 Å². The summed E-state index contributed by atoms with van der Waals surface area (Å²) >= 11 is 0. The molecule has 19 heavy (non-hydrogen) atoms. The van der Waals surface area contributed by atoms with Crippen molar-refractivity contribution in [1.82, 2.24) is 10.2 Å². The summed E-state index contributed by atoms with van der Waals surface area (Å²) in [6.07, 6.45) is 4.38. The van der Waals surface area contributed by atoms with Crippen LogP contribution in [0, 0.1) is 0 Å². The summed E-state index contributed by atoms with van der Waals surface area (Å²) in [7, 11) is -3.06. The number of aromatic amines is 1. The quantitative estimate of drug-likeness (QED) is 0.893. The molecule has 3 N–H and O–H groups in total.